The van der Waals surface area contributed by atoms with E-state index in [1.54, 1.807) is 0 Å². The maximum absolute atomic E-state index is 10.1. The van der Waals surface area contributed by atoms with Gasteiger partial charge in [-0.05, 0) is 6.58 Å². The monoisotopic (exact) mass is 170 g/mol. The molecule has 0 heterocycles. The van der Waals surface area contributed by atoms with E-state index in [-0.39, 0.29) is 0 Å². The molecule has 0 rings (SSSR count). The quantitative estimate of drug-likeness (QED) is 0.359. The number of nitro groups is 2. The van der Waals surface area contributed by atoms with Crippen molar-refractivity contribution in [3.63, 3.8) is 0 Å². The first kappa shape index (κ1) is 10.0. The second-order valence-electron chi connectivity index (χ2n) is 1.78. The molecule has 0 radical (unpaired) electrons. The Morgan fingerprint density at radius 3 is 2.00 bits per heavy atom. The van der Waals surface area contributed by atoms with E-state index in [9.17, 15) is 20.2 Å². The highest BCUT2D eigenvalue weighted by atomic mass is 16.6. The molecule has 6 heteroatoms. The van der Waals surface area contributed by atoms with E-state index < -0.39 is 21.2 Å². The van der Waals surface area contributed by atoms with Gasteiger partial charge in [-0.15, -0.1) is 0 Å². The number of hydrogen-bond donors (Lipinski definition) is 0. The van der Waals surface area contributed by atoms with Gasteiger partial charge >= 0.3 is 0 Å². The standard InChI is InChI=1S/C6H6N2O4/c1-3-6(8(11)12)4-5(2)7(9)10/h3-4H,1-2H2/b6-4+. The van der Waals surface area contributed by atoms with E-state index in [0.29, 0.717) is 0 Å². The van der Waals surface area contributed by atoms with Crippen molar-refractivity contribution in [1.82, 2.24) is 0 Å². The summed E-state index contributed by atoms with van der Waals surface area (Å²) in [5, 5.41) is 20.1. The first-order valence-electron chi connectivity index (χ1n) is 2.81. The zero-order chi connectivity index (χ0) is 9.72. The molecule has 0 amide bonds. The maximum atomic E-state index is 10.1. The van der Waals surface area contributed by atoms with Gasteiger partial charge < -0.3 is 0 Å². The maximum Gasteiger partial charge on any atom is 0.275 e. The summed E-state index contributed by atoms with van der Waals surface area (Å²) < 4.78 is 0. The lowest BCUT2D eigenvalue weighted by molar-refractivity contribution is -0.430. The van der Waals surface area contributed by atoms with Gasteiger partial charge in [0.05, 0.1) is 15.9 Å². The van der Waals surface area contributed by atoms with Gasteiger partial charge in [0.2, 0.25) is 0 Å². The number of allylic oxidation sites excluding steroid dienone is 2. The summed E-state index contributed by atoms with van der Waals surface area (Å²) in [6.45, 7) is 6.12. The molecule has 0 atom stereocenters. The zero-order valence-electron chi connectivity index (χ0n) is 6.10. The van der Waals surface area contributed by atoms with Crippen LogP contribution in [0.15, 0.2) is 36.7 Å². The largest absolute Gasteiger partial charge is 0.275 e. The Bertz CT molecular complexity index is 279. The van der Waals surface area contributed by atoms with E-state index in [1.807, 2.05) is 0 Å². The molecule has 0 aliphatic rings. The van der Waals surface area contributed by atoms with Crippen LogP contribution < -0.4 is 0 Å². The van der Waals surface area contributed by atoms with Crippen LogP contribution in [0.5, 0.6) is 0 Å². The normalized spacial score (nSPS) is 10.5. The van der Waals surface area contributed by atoms with Gasteiger partial charge in [-0.3, -0.25) is 20.2 Å². The minimum absolute atomic E-state index is 0.448. The van der Waals surface area contributed by atoms with E-state index >= 15 is 0 Å². The molecule has 0 saturated carbocycles. The van der Waals surface area contributed by atoms with Crippen molar-refractivity contribution >= 4 is 0 Å². The molecule has 6 nitrogen and oxygen atoms in total. The third-order valence-electron chi connectivity index (χ3n) is 0.969. The molecule has 0 spiro atoms. The highest BCUT2D eigenvalue weighted by Crippen LogP contribution is 2.02. The highest BCUT2D eigenvalue weighted by Gasteiger charge is 2.11. The van der Waals surface area contributed by atoms with Crippen molar-refractivity contribution in [3.8, 4) is 0 Å². The Hall–Kier alpha value is -1.98. The molecule has 12 heavy (non-hydrogen) atoms. The van der Waals surface area contributed by atoms with Gasteiger partial charge in [0.25, 0.3) is 11.4 Å². The first-order chi connectivity index (χ1) is 5.49. The van der Waals surface area contributed by atoms with Crippen LogP contribution in [0.1, 0.15) is 0 Å². The van der Waals surface area contributed by atoms with Crippen molar-refractivity contribution < 1.29 is 9.85 Å². The summed E-state index contributed by atoms with van der Waals surface area (Å²) >= 11 is 0. The van der Waals surface area contributed by atoms with Crippen LogP contribution in [-0.2, 0) is 0 Å². The lowest BCUT2D eigenvalue weighted by Gasteiger charge is -1.88. The molecule has 0 fully saturated rings. The Balaban J connectivity index is 4.72. The van der Waals surface area contributed by atoms with E-state index in [1.165, 1.54) is 0 Å². The second kappa shape index (κ2) is 4.02. The second-order valence-corrected chi connectivity index (χ2v) is 1.78. The predicted molar refractivity (Wildman–Crippen MR) is 41.4 cm³/mol. The molecular formula is C6H6N2O4. The highest BCUT2D eigenvalue weighted by molar-refractivity contribution is 5.17. The Labute approximate surface area is 67.8 Å². The topological polar surface area (TPSA) is 86.3 Å². The fourth-order valence-electron chi connectivity index (χ4n) is 0.410. The zero-order valence-corrected chi connectivity index (χ0v) is 6.10. The van der Waals surface area contributed by atoms with Crippen LogP contribution in [0, 0.1) is 20.2 Å². The fourth-order valence-corrected chi connectivity index (χ4v) is 0.410. The van der Waals surface area contributed by atoms with E-state index in [2.05, 4.69) is 13.2 Å². The van der Waals surface area contributed by atoms with Crippen LogP contribution in [0.25, 0.3) is 0 Å². The van der Waals surface area contributed by atoms with E-state index in [0.717, 1.165) is 12.2 Å². The van der Waals surface area contributed by atoms with Gasteiger partial charge in [-0.2, -0.15) is 0 Å². The summed E-state index contributed by atoms with van der Waals surface area (Å²) in [5.41, 5.74) is -0.988. The van der Waals surface area contributed by atoms with Crippen molar-refractivity contribution in [2.75, 3.05) is 0 Å². The summed E-state index contributed by atoms with van der Waals surface area (Å²) in [4.78, 5) is 18.5. The van der Waals surface area contributed by atoms with Gasteiger partial charge in [0, 0.05) is 6.08 Å². The Morgan fingerprint density at radius 1 is 1.25 bits per heavy atom. The Morgan fingerprint density at radius 2 is 1.75 bits per heavy atom. The predicted octanol–water partition coefficient (Wildman–Crippen LogP) is 1.12. The van der Waals surface area contributed by atoms with Gasteiger partial charge in [0.1, 0.15) is 0 Å². The van der Waals surface area contributed by atoms with Crippen molar-refractivity contribution in [2.24, 2.45) is 0 Å². The van der Waals surface area contributed by atoms with Crippen molar-refractivity contribution in [1.29, 1.82) is 0 Å². The smallest absolute Gasteiger partial charge is 0.258 e. The SMILES string of the molecule is C=C/C(=C\C(=C)[N+](=O)[O-])[N+](=O)[O-]. The summed E-state index contributed by atoms with van der Waals surface area (Å²) in [6, 6.07) is 0. The van der Waals surface area contributed by atoms with Gasteiger partial charge in [-0.1, -0.05) is 6.58 Å². The molecular weight excluding hydrogens is 164 g/mol. The van der Waals surface area contributed by atoms with Gasteiger partial charge in [-0.25, -0.2) is 0 Å². The lowest BCUT2D eigenvalue weighted by Crippen LogP contribution is -1.99. The summed E-state index contributed by atoms with van der Waals surface area (Å²) in [7, 11) is 0. The molecule has 64 valence electrons. The van der Waals surface area contributed by atoms with Crippen molar-refractivity contribution in [3.05, 3.63) is 56.9 Å². The van der Waals surface area contributed by atoms with Crippen molar-refractivity contribution in [2.45, 2.75) is 0 Å². The molecule has 0 saturated heterocycles. The van der Waals surface area contributed by atoms with E-state index in [4.69, 9.17) is 0 Å². The lowest BCUT2D eigenvalue weighted by atomic mass is 10.3. The van der Waals surface area contributed by atoms with Gasteiger partial charge in [0.15, 0.2) is 0 Å². The molecule has 0 unspecified atom stereocenters. The molecule has 0 N–H and O–H groups in total. The summed E-state index contributed by atoms with van der Waals surface area (Å²) in [5.74, 6) is 0. The molecule has 0 aliphatic carbocycles. The average molecular weight is 170 g/mol. The molecule has 0 aliphatic heterocycles. The van der Waals surface area contributed by atoms with Crippen LogP contribution >= 0.6 is 0 Å². The van der Waals surface area contributed by atoms with Crippen LogP contribution in [0.4, 0.5) is 0 Å². The Kier molecular flexibility index (Phi) is 3.35. The van der Waals surface area contributed by atoms with Crippen LogP contribution in [-0.4, -0.2) is 9.85 Å². The third-order valence-corrected chi connectivity index (χ3v) is 0.969. The molecule has 0 aromatic heterocycles. The van der Waals surface area contributed by atoms with Crippen LogP contribution in [0.2, 0.25) is 0 Å². The summed E-state index contributed by atoms with van der Waals surface area (Å²) in [6.07, 6.45) is 1.65. The first-order valence-corrected chi connectivity index (χ1v) is 2.81. The number of hydrogen-bond acceptors (Lipinski definition) is 4. The molecule has 0 bridgehead atoms. The van der Waals surface area contributed by atoms with Crippen LogP contribution in [0.3, 0.4) is 0 Å². The number of nitrogens with zero attached hydrogens (tertiary/aromatic N) is 2. The molecule has 0 aromatic carbocycles. The number of rotatable bonds is 4. The molecule has 0 aromatic rings. The minimum Gasteiger partial charge on any atom is -0.258 e. The minimum atomic E-state index is -0.812. The third kappa shape index (κ3) is 2.74. The fraction of sp³-hybridized carbons (Fsp3) is 0. The average Bonchev–Trinajstić information content (AvgIpc) is 1.98.